The Morgan fingerprint density at radius 1 is 1.22 bits per heavy atom. The molecular weight excluding hydrogens is 340 g/mol. The van der Waals surface area contributed by atoms with Crippen molar-refractivity contribution in [2.24, 2.45) is 5.92 Å². The van der Waals surface area contributed by atoms with Crippen molar-refractivity contribution in [3.63, 3.8) is 0 Å². The fraction of sp³-hybridized carbons (Fsp3) is 0.364. The highest BCUT2D eigenvalue weighted by Gasteiger charge is 2.36. The van der Waals surface area contributed by atoms with Crippen LogP contribution in [0.1, 0.15) is 24.0 Å². The molecule has 5 heteroatoms. The topological polar surface area (TPSA) is 58.6 Å². The van der Waals surface area contributed by atoms with Crippen molar-refractivity contribution in [3.8, 4) is 5.75 Å². The number of methoxy groups -OCH3 is 1. The molecule has 1 aliphatic rings. The van der Waals surface area contributed by atoms with Crippen molar-refractivity contribution < 1.29 is 14.3 Å². The zero-order chi connectivity index (χ0) is 19.2. The molecule has 1 unspecified atom stereocenters. The van der Waals surface area contributed by atoms with Crippen LogP contribution in [-0.2, 0) is 16.0 Å². The van der Waals surface area contributed by atoms with Gasteiger partial charge in [-0.05, 0) is 43.0 Å². The van der Waals surface area contributed by atoms with Crippen LogP contribution in [0.2, 0.25) is 0 Å². The van der Waals surface area contributed by atoms with Crippen LogP contribution in [0.25, 0.3) is 0 Å². The number of carbonyl (C=O) groups is 2. The molecule has 2 aromatic rings. The zero-order valence-corrected chi connectivity index (χ0v) is 15.9. The number of nitrogens with zero attached hydrogens (tertiary/aromatic N) is 1. The van der Waals surface area contributed by atoms with Crippen LogP contribution in [0.5, 0.6) is 5.75 Å². The van der Waals surface area contributed by atoms with Crippen molar-refractivity contribution in [1.82, 2.24) is 5.32 Å². The van der Waals surface area contributed by atoms with Crippen molar-refractivity contribution in [1.29, 1.82) is 0 Å². The number of anilines is 1. The molecule has 27 heavy (non-hydrogen) atoms. The molecule has 142 valence electrons. The molecule has 2 aromatic carbocycles. The van der Waals surface area contributed by atoms with Gasteiger partial charge >= 0.3 is 0 Å². The molecule has 2 amide bonds. The first-order chi connectivity index (χ1) is 13.1. The molecular formula is C22H26N2O3. The summed E-state index contributed by atoms with van der Waals surface area (Å²) in [5.41, 5.74) is 3.05. The molecule has 0 radical (unpaired) electrons. The van der Waals surface area contributed by atoms with E-state index in [1.807, 2.05) is 43.3 Å². The van der Waals surface area contributed by atoms with E-state index in [1.54, 1.807) is 12.0 Å². The van der Waals surface area contributed by atoms with E-state index in [0.717, 1.165) is 24.1 Å². The largest absolute Gasteiger partial charge is 0.495 e. The van der Waals surface area contributed by atoms with Crippen LogP contribution in [0.15, 0.2) is 48.5 Å². The van der Waals surface area contributed by atoms with E-state index in [1.165, 1.54) is 5.56 Å². The third-order valence-corrected chi connectivity index (χ3v) is 4.91. The molecule has 1 atom stereocenters. The molecule has 1 fully saturated rings. The second kappa shape index (κ2) is 8.71. The summed E-state index contributed by atoms with van der Waals surface area (Å²) in [6, 6.07) is 15.9. The smallest absolute Gasteiger partial charge is 0.227 e. The normalized spacial score (nSPS) is 16.4. The molecule has 1 N–H and O–H groups in total. The molecule has 3 rings (SSSR count). The highest BCUT2D eigenvalue weighted by atomic mass is 16.5. The summed E-state index contributed by atoms with van der Waals surface area (Å²) in [6.45, 7) is 2.98. The average Bonchev–Trinajstić information content (AvgIpc) is 3.07. The minimum absolute atomic E-state index is 0.0386. The van der Waals surface area contributed by atoms with Gasteiger partial charge in [0, 0.05) is 19.5 Å². The number of nitrogens with one attached hydrogen (secondary N) is 1. The molecule has 0 spiro atoms. The standard InChI is InChI=1S/C22H26N2O3/c1-16-10-11-20(27-2)19(13-16)24-15-18(14-21(24)25)22(26)23-12-6-9-17-7-4-3-5-8-17/h3-5,7-8,10-11,13,18H,6,9,12,14-15H2,1-2H3,(H,23,26). The number of benzene rings is 2. The van der Waals surface area contributed by atoms with Gasteiger partial charge in [-0.1, -0.05) is 36.4 Å². The molecule has 0 aromatic heterocycles. The van der Waals surface area contributed by atoms with Gasteiger partial charge in [-0.15, -0.1) is 0 Å². The lowest BCUT2D eigenvalue weighted by atomic mass is 10.1. The first-order valence-electron chi connectivity index (χ1n) is 9.35. The molecule has 5 nitrogen and oxygen atoms in total. The predicted molar refractivity (Wildman–Crippen MR) is 106 cm³/mol. The quantitative estimate of drug-likeness (QED) is 0.766. The first kappa shape index (κ1) is 19.0. The average molecular weight is 366 g/mol. The van der Waals surface area contributed by atoms with Gasteiger partial charge in [0.1, 0.15) is 5.75 Å². The van der Waals surface area contributed by atoms with Gasteiger partial charge in [-0.2, -0.15) is 0 Å². The number of carbonyl (C=O) groups excluding carboxylic acids is 2. The Morgan fingerprint density at radius 3 is 2.74 bits per heavy atom. The second-order valence-electron chi connectivity index (χ2n) is 6.96. The highest BCUT2D eigenvalue weighted by Crippen LogP contribution is 2.33. The maximum absolute atomic E-state index is 12.5. The zero-order valence-electron chi connectivity index (χ0n) is 15.9. The summed E-state index contributed by atoms with van der Waals surface area (Å²) in [5, 5.41) is 2.98. The molecule has 1 aliphatic heterocycles. The van der Waals surface area contributed by atoms with Gasteiger partial charge in [0.2, 0.25) is 11.8 Å². The van der Waals surface area contributed by atoms with Crippen molar-refractivity contribution in [2.45, 2.75) is 26.2 Å². The van der Waals surface area contributed by atoms with Crippen LogP contribution < -0.4 is 15.0 Å². The number of hydrogen-bond acceptors (Lipinski definition) is 3. The highest BCUT2D eigenvalue weighted by molar-refractivity contribution is 6.01. The van der Waals surface area contributed by atoms with Crippen LogP contribution in [0, 0.1) is 12.8 Å². The number of rotatable bonds is 7. The van der Waals surface area contributed by atoms with Crippen molar-refractivity contribution in [3.05, 3.63) is 59.7 Å². The lowest BCUT2D eigenvalue weighted by Crippen LogP contribution is -2.33. The van der Waals surface area contributed by atoms with E-state index in [2.05, 4.69) is 17.4 Å². The first-order valence-corrected chi connectivity index (χ1v) is 9.35. The van der Waals surface area contributed by atoms with E-state index in [9.17, 15) is 9.59 Å². The van der Waals surface area contributed by atoms with Crippen LogP contribution >= 0.6 is 0 Å². The monoisotopic (exact) mass is 366 g/mol. The summed E-state index contributed by atoms with van der Waals surface area (Å²) < 4.78 is 5.38. The molecule has 0 saturated carbocycles. The summed E-state index contributed by atoms with van der Waals surface area (Å²) in [6.07, 6.45) is 2.05. The van der Waals surface area contributed by atoms with Crippen molar-refractivity contribution >= 4 is 17.5 Å². The third-order valence-electron chi connectivity index (χ3n) is 4.91. The Bertz CT molecular complexity index is 804. The van der Waals surface area contributed by atoms with E-state index in [4.69, 9.17) is 4.74 Å². The van der Waals surface area contributed by atoms with E-state index >= 15 is 0 Å². The molecule has 1 saturated heterocycles. The summed E-state index contributed by atoms with van der Waals surface area (Å²) in [5.74, 6) is 0.242. The Hall–Kier alpha value is -2.82. The maximum Gasteiger partial charge on any atom is 0.227 e. The fourth-order valence-corrected chi connectivity index (χ4v) is 3.42. The Balaban J connectivity index is 1.54. The SMILES string of the molecule is COc1ccc(C)cc1N1CC(C(=O)NCCCc2ccccc2)CC1=O. The number of aryl methyl sites for hydroxylation is 2. The van der Waals surface area contributed by atoms with Gasteiger partial charge in [0.15, 0.2) is 0 Å². The minimum atomic E-state index is -0.320. The molecule has 0 bridgehead atoms. The summed E-state index contributed by atoms with van der Waals surface area (Å²) in [7, 11) is 1.59. The summed E-state index contributed by atoms with van der Waals surface area (Å²) in [4.78, 5) is 26.6. The Morgan fingerprint density at radius 2 is 2.00 bits per heavy atom. The fourth-order valence-electron chi connectivity index (χ4n) is 3.42. The van der Waals surface area contributed by atoms with Crippen molar-refractivity contribution in [2.75, 3.05) is 25.1 Å². The van der Waals surface area contributed by atoms with E-state index < -0.39 is 0 Å². The van der Waals surface area contributed by atoms with Crippen LogP contribution in [-0.4, -0.2) is 32.0 Å². The third kappa shape index (κ3) is 4.67. The lowest BCUT2D eigenvalue weighted by Gasteiger charge is -2.20. The lowest BCUT2D eigenvalue weighted by molar-refractivity contribution is -0.126. The van der Waals surface area contributed by atoms with E-state index in [-0.39, 0.29) is 24.2 Å². The summed E-state index contributed by atoms with van der Waals surface area (Å²) >= 11 is 0. The van der Waals surface area contributed by atoms with Gasteiger partial charge in [0.05, 0.1) is 18.7 Å². The van der Waals surface area contributed by atoms with Crippen LogP contribution in [0.4, 0.5) is 5.69 Å². The maximum atomic E-state index is 12.5. The van der Waals surface area contributed by atoms with Crippen LogP contribution in [0.3, 0.4) is 0 Å². The van der Waals surface area contributed by atoms with Gasteiger partial charge in [-0.25, -0.2) is 0 Å². The predicted octanol–water partition coefficient (Wildman–Crippen LogP) is 3.11. The number of ether oxygens (including phenoxy) is 1. The van der Waals surface area contributed by atoms with E-state index in [0.29, 0.717) is 18.8 Å². The van der Waals surface area contributed by atoms with Gasteiger partial charge in [-0.3, -0.25) is 9.59 Å². The Labute approximate surface area is 160 Å². The minimum Gasteiger partial charge on any atom is -0.495 e. The van der Waals surface area contributed by atoms with Gasteiger partial charge in [0.25, 0.3) is 0 Å². The van der Waals surface area contributed by atoms with Gasteiger partial charge < -0.3 is 15.0 Å². The molecule has 0 aliphatic carbocycles. The Kier molecular flexibility index (Phi) is 6.12. The molecule has 1 heterocycles. The second-order valence-corrected chi connectivity index (χ2v) is 6.96. The number of amides is 2. The number of hydrogen-bond donors (Lipinski definition) is 1.